The third kappa shape index (κ3) is 1.88. The first-order chi connectivity index (χ1) is 8.75. The minimum absolute atomic E-state index is 0.0648. The molecule has 94 valence electrons. The molecule has 1 aliphatic rings. The molecule has 1 aromatic heterocycles. The normalized spacial score (nSPS) is 18.6. The molecule has 0 saturated heterocycles. The van der Waals surface area contributed by atoms with Crippen molar-refractivity contribution in [3.63, 3.8) is 0 Å². The van der Waals surface area contributed by atoms with Gasteiger partial charge in [0.15, 0.2) is 0 Å². The molecular formula is C14H17N3O. The average Bonchev–Trinajstić information content (AvgIpc) is 2.69. The van der Waals surface area contributed by atoms with Gasteiger partial charge < -0.3 is 5.32 Å². The maximum absolute atomic E-state index is 12.0. The van der Waals surface area contributed by atoms with Crippen LogP contribution in [0.25, 0.3) is 0 Å². The van der Waals surface area contributed by atoms with Crippen LogP contribution in [0.3, 0.4) is 0 Å². The van der Waals surface area contributed by atoms with Gasteiger partial charge in [-0.25, -0.2) is 0 Å². The lowest BCUT2D eigenvalue weighted by molar-refractivity contribution is 0.531. The van der Waals surface area contributed by atoms with E-state index in [1.165, 1.54) is 5.56 Å². The Balaban J connectivity index is 1.99. The predicted molar refractivity (Wildman–Crippen MR) is 70.7 cm³/mol. The number of hydrogen-bond acceptors (Lipinski definition) is 2. The van der Waals surface area contributed by atoms with E-state index in [1.54, 1.807) is 0 Å². The minimum atomic E-state index is 0.0648. The lowest BCUT2D eigenvalue weighted by atomic mass is 9.98. The van der Waals surface area contributed by atoms with E-state index < -0.39 is 0 Å². The van der Waals surface area contributed by atoms with E-state index >= 15 is 0 Å². The molecular weight excluding hydrogens is 226 g/mol. The van der Waals surface area contributed by atoms with Gasteiger partial charge in [-0.1, -0.05) is 37.3 Å². The SMILES string of the molecule is C[C@@H]1CNCc2c1c(=O)[nH]n2Cc1ccccc1. The van der Waals surface area contributed by atoms with Gasteiger partial charge in [0.1, 0.15) is 0 Å². The topological polar surface area (TPSA) is 49.8 Å². The molecule has 2 aromatic rings. The summed E-state index contributed by atoms with van der Waals surface area (Å²) in [5.41, 5.74) is 3.31. The zero-order valence-corrected chi connectivity index (χ0v) is 10.4. The highest BCUT2D eigenvalue weighted by Crippen LogP contribution is 2.20. The number of benzene rings is 1. The van der Waals surface area contributed by atoms with Crippen molar-refractivity contribution in [1.29, 1.82) is 0 Å². The Morgan fingerprint density at radius 1 is 1.33 bits per heavy atom. The Labute approximate surface area is 106 Å². The number of aromatic amines is 1. The Kier molecular flexibility index (Phi) is 2.80. The summed E-state index contributed by atoms with van der Waals surface area (Å²) in [6, 6.07) is 10.2. The summed E-state index contributed by atoms with van der Waals surface area (Å²) in [6.45, 7) is 4.46. The first kappa shape index (κ1) is 11.3. The largest absolute Gasteiger partial charge is 0.311 e. The summed E-state index contributed by atoms with van der Waals surface area (Å²) in [5, 5.41) is 6.31. The van der Waals surface area contributed by atoms with Crippen molar-refractivity contribution in [2.24, 2.45) is 0 Å². The number of rotatable bonds is 2. The molecule has 0 saturated carbocycles. The standard InChI is InChI=1S/C14H17N3O/c1-10-7-15-8-12-13(10)14(18)16-17(12)9-11-5-3-2-4-6-11/h2-6,10,15H,7-9H2,1H3,(H,16,18)/t10-/m1/s1. The molecule has 0 amide bonds. The van der Waals surface area contributed by atoms with Crippen LogP contribution in [0, 0.1) is 0 Å². The molecule has 1 aromatic carbocycles. The molecule has 1 aliphatic heterocycles. The van der Waals surface area contributed by atoms with Crippen molar-refractivity contribution in [2.45, 2.75) is 25.9 Å². The third-order valence-corrected chi connectivity index (χ3v) is 3.54. The molecule has 4 nitrogen and oxygen atoms in total. The number of hydrogen-bond donors (Lipinski definition) is 2. The van der Waals surface area contributed by atoms with Crippen molar-refractivity contribution < 1.29 is 0 Å². The maximum atomic E-state index is 12.0. The van der Waals surface area contributed by atoms with Crippen LogP contribution in [0.1, 0.15) is 29.7 Å². The van der Waals surface area contributed by atoms with E-state index in [9.17, 15) is 4.79 Å². The fourth-order valence-corrected chi connectivity index (χ4v) is 2.64. The number of nitrogens with one attached hydrogen (secondary N) is 2. The molecule has 0 fully saturated rings. The Bertz CT molecular complexity index is 597. The maximum Gasteiger partial charge on any atom is 0.267 e. The van der Waals surface area contributed by atoms with Crippen LogP contribution in [0.15, 0.2) is 35.1 Å². The van der Waals surface area contributed by atoms with Crippen molar-refractivity contribution in [2.75, 3.05) is 6.54 Å². The molecule has 0 aliphatic carbocycles. The monoisotopic (exact) mass is 243 g/mol. The second-order valence-corrected chi connectivity index (χ2v) is 4.90. The van der Waals surface area contributed by atoms with Gasteiger partial charge in [-0.3, -0.25) is 14.6 Å². The van der Waals surface area contributed by atoms with Crippen LogP contribution < -0.4 is 10.9 Å². The number of nitrogens with zero attached hydrogens (tertiary/aromatic N) is 1. The Morgan fingerprint density at radius 3 is 2.89 bits per heavy atom. The van der Waals surface area contributed by atoms with Gasteiger partial charge in [-0.05, 0) is 5.56 Å². The first-order valence-corrected chi connectivity index (χ1v) is 6.32. The van der Waals surface area contributed by atoms with Crippen LogP contribution in [0.4, 0.5) is 0 Å². The van der Waals surface area contributed by atoms with Gasteiger partial charge >= 0.3 is 0 Å². The summed E-state index contributed by atoms with van der Waals surface area (Å²) in [6.07, 6.45) is 0. The van der Waals surface area contributed by atoms with Crippen molar-refractivity contribution in [3.05, 3.63) is 57.5 Å². The van der Waals surface area contributed by atoms with E-state index in [2.05, 4.69) is 29.5 Å². The highest BCUT2D eigenvalue weighted by molar-refractivity contribution is 5.26. The predicted octanol–water partition coefficient (Wildman–Crippen LogP) is 1.43. The molecule has 2 N–H and O–H groups in total. The molecule has 4 heteroatoms. The van der Waals surface area contributed by atoms with Gasteiger partial charge in [-0.2, -0.15) is 0 Å². The van der Waals surface area contributed by atoms with Crippen LogP contribution in [-0.2, 0) is 13.1 Å². The second kappa shape index (κ2) is 4.46. The van der Waals surface area contributed by atoms with Gasteiger partial charge in [-0.15, -0.1) is 0 Å². The van der Waals surface area contributed by atoms with Crippen LogP contribution in [0.2, 0.25) is 0 Å². The van der Waals surface area contributed by atoms with Crippen molar-refractivity contribution in [1.82, 2.24) is 15.1 Å². The summed E-state index contributed by atoms with van der Waals surface area (Å²) in [4.78, 5) is 12.0. The zero-order chi connectivity index (χ0) is 12.5. The first-order valence-electron chi connectivity index (χ1n) is 6.32. The lowest BCUT2D eigenvalue weighted by Crippen LogP contribution is -2.29. The second-order valence-electron chi connectivity index (χ2n) is 4.90. The van der Waals surface area contributed by atoms with Crippen LogP contribution in [-0.4, -0.2) is 16.3 Å². The number of aromatic nitrogens is 2. The minimum Gasteiger partial charge on any atom is -0.311 e. The van der Waals surface area contributed by atoms with Crippen LogP contribution >= 0.6 is 0 Å². The van der Waals surface area contributed by atoms with Crippen molar-refractivity contribution in [3.8, 4) is 0 Å². The van der Waals surface area contributed by atoms with E-state index in [1.807, 2.05) is 22.9 Å². The average molecular weight is 243 g/mol. The highest BCUT2D eigenvalue weighted by atomic mass is 16.1. The van der Waals surface area contributed by atoms with Gasteiger partial charge in [0, 0.05) is 24.6 Å². The number of H-pyrrole nitrogens is 1. The molecule has 0 bridgehead atoms. The van der Waals surface area contributed by atoms with Gasteiger partial charge in [0.25, 0.3) is 5.56 Å². The molecule has 18 heavy (non-hydrogen) atoms. The fraction of sp³-hybridized carbons (Fsp3) is 0.357. The summed E-state index contributed by atoms with van der Waals surface area (Å²) in [5.74, 6) is 0.287. The van der Waals surface area contributed by atoms with Crippen molar-refractivity contribution >= 4 is 0 Å². The zero-order valence-electron chi connectivity index (χ0n) is 10.4. The van der Waals surface area contributed by atoms with Gasteiger partial charge in [0.2, 0.25) is 0 Å². The fourth-order valence-electron chi connectivity index (χ4n) is 2.64. The Morgan fingerprint density at radius 2 is 2.11 bits per heavy atom. The van der Waals surface area contributed by atoms with E-state index in [-0.39, 0.29) is 11.5 Å². The summed E-state index contributed by atoms with van der Waals surface area (Å²) >= 11 is 0. The molecule has 0 unspecified atom stereocenters. The highest BCUT2D eigenvalue weighted by Gasteiger charge is 2.23. The number of fused-ring (bicyclic) bond motifs is 1. The smallest absolute Gasteiger partial charge is 0.267 e. The van der Waals surface area contributed by atoms with E-state index in [0.717, 1.165) is 30.9 Å². The molecule has 1 atom stereocenters. The Hall–Kier alpha value is -1.81. The van der Waals surface area contributed by atoms with E-state index in [4.69, 9.17) is 0 Å². The summed E-state index contributed by atoms with van der Waals surface area (Å²) in [7, 11) is 0. The molecule has 0 radical (unpaired) electrons. The van der Waals surface area contributed by atoms with E-state index in [0.29, 0.717) is 0 Å². The lowest BCUT2D eigenvalue weighted by Gasteiger charge is -2.20. The molecule has 0 spiro atoms. The quantitative estimate of drug-likeness (QED) is 0.838. The molecule has 2 heterocycles. The molecule has 3 rings (SSSR count). The van der Waals surface area contributed by atoms with Crippen LogP contribution in [0.5, 0.6) is 0 Å². The van der Waals surface area contributed by atoms with Gasteiger partial charge in [0.05, 0.1) is 12.2 Å². The third-order valence-electron chi connectivity index (χ3n) is 3.54. The summed E-state index contributed by atoms with van der Waals surface area (Å²) < 4.78 is 1.97.